The predicted octanol–water partition coefficient (Wildman–Crippen LogP) is 1.90. The van der Waals surface area contributed by atoms with Gasteiger partial charge in [-0.2, -0.15) is 0 Å². The molecule has 2 unspecified atom stereocenters. The Labute approximate surface area is 150 Å². The molecule has 0 saturated carbocycles. The number of ether oxygens (including phenoxy) is 2. The number of terminal acetylenes is 1. The van der Waals surface area contributed by atoms with E-state index in [9.17, 15) is 14.4 Å². The van der Waals surface area contributed by atoms with Crippen LogP contribution in [0.3, 0.4) is 0 Å². The minimum Gasteiger partial charge on any atom is -0.464 e. The maximum atomic E-state index is 12.5. The maximum Gasteiger partial charge on any atom is 0.411 e. The van der Waals surface area contributed by atoms with Gasteiger partial charge in [0.25, 0.3) is 0 Å². The van der Waals surface area contributed by atoms with Crippen molar-refractivity contribution in [1.82, 2.24) is 9.80 Å². The van der Waals surface area contributed by atoms with E-state index >= 15 is 0 Å². The first-order chi connectivity index (χ1) is 11.6. The molecule has 0 aliphatic carbocycles. The third-order valence-electron chi connectivity index (χ3n) is 3.95. The highest BCUT2D eigenvalue weighted by Gasteiger charge is 2.31. The topological polar surface area (TPSA) is 76.2 Å². The summed E-state index contributed by atoms with van der Waals surface area (Å²) >= 11 is 0. The van der Waals surface area contributed by atoms with Crippen LogP contribution in [0.5, 0.6) is 0 Å². The lowest BCUT2D eigenvalue weighted by Crippen LogP contribution is -2.51. The van der Waals surface area contributed by atoms with Gasteiger partial charge in [0.05, 0.1) is 6.61 Å². The van der Waals surface area contributed by atoms with Crippen LogP contribution in [-0.2, 0) is 19.1 Å². The number of nitrogens with zero attached hydrogens (tertiary/aromatic N) is 2. The molecule has 0 aromatic rings. The zero-order valence-corrected chi connectivity index (χ0v) is 16.1. The summed E-state index contributed by atoms with van der Waals surface area (Å²) in [7, 11) is 2.93. The van der Waals surface area contributed by atoms with Crippen molar-refractivity contribution in [3.8, 4) is 12.3 Å². The van der Waals surface area contributed by atoms with Gasteiger partial charge in [-0.05, 0) is 32.6 Å². The van der Waals surface area contributed by atoms with E-state index in [1.165, 1.54) is 19.0 Å². The number of rotatable bonds is 9. The lowest BCUT2D eigenvalue weighted by atomic mass is 10.1. The summed E-state index contributed by atoms with van der Waals surface area (Å²) in [5.41, 5.74) is 0. The van der Waals surface area contributed by atoms with Gasteiger partial charge in [0.15, 0.2) is 6.61 Å². The fourth-order valence-electron chi connectivity index (χ4n) is 1.96. The molecule has 0 aliphatic heterocycles. The van der Waals surface area contributed by atoms with Crippen LogP contribution in [0.4, 0.5) is 4.79 Å². The second-order valence-electron chi connectivity index (χ2n) is 6.37. The van der Waals surface area contributed by atoms with E-state index < -0.39 is 30.1 Å². The zero-order chi connectivity index (χ0) is 19.6. The molecular formula is C18H30N2O5. The highest BCUT2D eigenvalue weighted by atomic mass is 16.6. The average molecular weight is 354 g/mol. The van der Waals surface area contributed by atoms with Crippen molar-refractivity contribution in [3.63, 3.8) is 0 Å². The average Bonchev–Trinajstić information content (AvgIpc) is 2.59. The summed E-state index contributed by atoms with van der Waals surface area (Å²) in [6.45, 7) is 7.51. The molecule has 2 atom stereocenters. The van der Waals surface area contributed by atoms with Gasteiger partial charge in [-0.1, -0.05) is 19.8 Å². The number of esters is 1. The number of likely N-dealkylation sites (N-methyl/N-ethyl adjacent to an activating group) is 2. The van der Waals surface area contributed by atoms with Gasteiger partial charge in [0, 0.05) is 14.1 Å². The molecule has 7 nitrogen and oxygen atoms in total. The number of carbonyl (C=O) groups is 3. The van der Waals surface area contributed by atoms with E-state index in [2.05, 4.69) is 19.8 Å². The largest absolute Gasteiger partial charge is 0.464 e. The Bertz CT molecular complexity index is 498. The Morgan fingerprint density at radius 1 is 1.00 bits per heavy atom. The van der Waals surface area contributed by atoms with Crippen molar-refractivity contribution in [3.05, 3.63) is 0 Å². The lowest BCUT2D eigenvalue weighted by Gasteiger charge is -2.30. The summed E-state index contributed by atoms with van der Waals surface area (Å²) in [5, 5.41) is 0. The quantitative estimate of drug-likeness (QED) is 0.359. The Kier molecular flexibility index (Phi) is 10.3. The van der Waals surface area contributed by atoms with Crippen molar-refractivity contribution < 1.29 is 23.9 Å². The Hall–Kier alpha value is -2.23. The Balaban J connectivity index is 4.56. The predicted molar refractivity (Wildman–Crippen MR) is 94.7 cm³/mol. The van der Waals surface area contributed by atoms with Crippen LogP contribution < -0.4 is 0 Å². The summed E-state index contributed by atoms with van der Waals surface area (Å²) < 4.78 is 9.99. The normalized spacial score (nSPS) is 12.7. The van der Waals surface area contributed by atoms with Gasteiger partial charge in [0.2, 0.25) is 5.91 Å². The highest BCUT2D eigenvalue weighted by Crippen LogP contribution is 2.09. The molecule has 0 N–H and O–H groups in total. The number of hydrogen-bond donors (Lipinski definition) is 0. The van der Waals surface area contributed by atoms with Gasteiger partial charge in [0.1, 0.15) is 12.1 Å². The Morgan fingerprint density at radius 3 is 2.12 bits per heavy atom. The monoisotopic (exact) mass is 354 g/mol. The van der Waals surface area contributed by atoms with Crippen molar-refractivity contribution in [2.45, 2.75) is 52.6 Å². The van der Waals surface area contributed by atoms with Crippen LogP contribution in [0.15, 0.2) is 0 Å². The van der Waals surface area contributed by atoms with E-state index in [0.29, 0.717) is 12.5 Å². The van der Waals surface area contributed by atoms with Crippen LogP contribution in [0.1, 0.15) is 40.5 Å². The fourth-order valence-corrected chi connectivity index (χ4v) is 1.96. The van der Waals surface area contributed by atoms with Crippen LogP contribution in [-0.4, -0.2) is 67.2 Å². The number of carbonyl (C=O) groups excluding carboxylic acids is 3. The highest BCUT2D eigenvalue weighted by molar-refractivity contribution is 5.89. The first kappa shape index (κ1) is 22.8. The zero-order valence-electron chi connectivity index (χ0n) is 16.1. The Morgan fingerprint density at radius 2 is 1.60 bits per heavy atom. The van der Waals surface area contributed by atoms with Crippen LogP contribution in [0.25, 0.3) is 0 Å². The van der Waals surface area contributed by atoms with Gasteiger partial charge in [-0.3, -0.25) is 9.69 Å². The smallest absolute Gasteiger partial charge is 0.411 e. The second-order valence-corrected chi connectivity index (χ2v) is 6.37. The van der Waals surface area contributed by atoms with E-state index in [-0.39, 0.29) is 6.61 Å². The van der Waals surface area contributed by atoms with E-state index in [0.717, 1.165) is 17.7 Å². The van der Waals surface area contributed by atoms with Gasteiger partial charge in [-0.15, -0.1) is 6.42 Å². The summed E-state index contributed by atoms with van der Waals surface area (Å²) in [5.74, 6) is 1.87. The van der Waals surface area contributed by atoms with E-state index in [4.69, 9.17) is 15.9 Å². The molecule has 0 rings (SSSR count). The molecule has 0 radical (unpaired) electrons. The first-order valence-corrected chi connectivity index (χ1v) is 8.39. The van der Waals surface area contributed by atoms with Crippen molar-refractivity contribution in [1.29, 1.82) is 0 Å². The van der Waals surface area contributed by atoms with Gasteiger partial charge >= 0.3 is 12.1 Å². The van der Waals surface area contributed by atoms with Crippen molar-refractivity contribution >= 4 is 18.0 Å². The molecule has 0 spiro atoms. The molecule has 0 aromatic heterocycles. The molecule has 0 aromatic carbocycles. The van der Waals surface area contributed by atoms with Gasteiger partial charge in [-0.25, -0.2) is 9.59 Å². The van der Waals surface area contributed by atoms with Gasteiger partial charge < -0.3 is 14.4 Å². The summed E-state index contributed by atoms with van der Waals surface area (Å²) in [6, 6.07) is -1.55. The van der Waals surface area contributed by atoms with Crippen LogP contribution >= 0.6 is 0 Å². The standard InChI is InChI=1S/C18H30N2O5/c1-8-11-25-18(23)20(7)14(4)16(21)19(6)15(5)17(22)24-12-9-10-13(2)3/h1,13-15H,9-12H2,2-7H3. The third-order valence-corrected chi connectivity index (χ3v) is 3.95. The number of hydrogen-bond acceptors (Lipinski definition) is 5. The summed E-state index contributed by atoms with van der Waals surface area (Å²) in [4.78, 5) is 38.7. The second kappa shape index (κ2) is 11.3. The minimum absolute atomic E-state index is 0.168. The SMILES string of the molecule is C#CCOC(=O)N(C)C(C)C(=O)N(C)C(C)C(=O)OCCCC(C)C. The molecule has 0 saturated heterocycles. The molecule has 2 amide bonds. The van der Waals surface area contributed by atoms with Crippen LogP contribution in [0.2, 0.25) is 0 Å². The lowest BCUT2D eigenvalue weighted by molar-refractivity contribution is -0.154. The first-order valence-electron chi connectivity index (χ1n) is 8.39. The molecule has 0 aliphatic rings. The molecular weight excluding hydrogens is 324 g/mol. The molecule has 142 valence electrons. The molecule has 0 fully saturated rings. The molecule has 0 bridgehead atoms. The third kappa shape index (κ3) is 7.92. The van der Waals surface area contributed by atoms with Crippen LogP contribution in [0, 0.1) is 18.3 Å². The number of amides is 2. The summed E-state index contributed by atoms with van der Waals surface area (Å²) in [6.07, 6.45) is 6.09. The maximum absolute atomic E-state index is 12.5. The van der Waals surface area contributed by atoms with E-state index in [1.807, 2.05) is 0 Å². The van der Waals surface area contributed by atoms with E-state index in [1.54, 1.807) is 13.8 Å². The fraction of sp³-hybridized carbons (Fsp3) is 0.722. The minimum atomic E-state index is -0.800. The van der Waals surface area contributed by atoms with Crippen molar-refractivity contribution in [2.75, 3.05) is 27.3 Å². The molecule has 25 heavy (non-hydrogen) atoms. The molecule has 7 heteroatoms. The molecule has 0 heterocycles. The van der Waals surface area contributed by atoms with Crippen molar-refractivity contribution in [2.24, 2.45) is 5.92 Å².